The first kappa shape index (κ1) is 16.8. The van der Waals surface area contributed by atoms with Crippen LogP contribution in [0.4, 0.5) is 17.6 Å². The molecule has 0 amide bonds. The van der Waals surface area contributed by atoms with E-state index in [1.54, 1.807) is 0 Å². The van der Waals surface area contributed by atoms with Crippen LogP contribution >= 0.6 is 0 Å². The average Bonchev–Trinajstić information content (AvgIpc) is 2.92. The molecule has 0 unspecified atom stereocenters. The van der Waals surface area contributed by atoms with Crippen molar-refractivity contribution in [1.29, 1.82) is 0 Å². The van der Waals surface area contributed by atoms with Crippen LogP contribution in [0.2, 0.25) is 0 Å². The maximum absolute atomic E-state index is 13.4. The van der Waals surface area contributed by atoms with Gasteiger partial charge in [-0.2, -0.15) is 18.3 Å². The smallest absolute Gasteiger partial charge is 0.434 e. The third-order valence-electron chi connectivity index (χ3n) is 2.90. The molecular formula is C14H12F4N2O3. The summed E-state index contributed by atoms with van der Waals surface area (Å²) >= 11 is 0. The van der Waals surface area contributed by atoms with Crippen LogP contribution in [0.25, 0.3) is 5.69 Å². The number of carbonyl (C=O) groups is 1. The molecule has 0 spiro atoms. The summed E-state index contributed by atoms with van der Waals surface area (Å²) in [5, 5.41) is 3.59. The zero-order valence-electron chi connectivity index (χ0n) is 12.1. The highest BCUT2D eigenvalue weighted by Crippen LogP contribution is 2.36. The predicted octanol–water partition coefficient (Wildman–Crippen LogP) is 3.22. The standard InChI is InChI=1S/C14H12F4N2O3/c1-3-23-13(21)9-7-19-20(12(9)14(16,17)18)10-5-4-8(15)6-11(10)22-2/h4-7H,3H2,1-2H3. The molecule has 0 saturated carbocycles. The van der Waals surface area contributed by atoms with Gasteiger partial charge >= 0.3 is 12.1 Å². The van der Waals surface area contributed by atoms with Gasteiger partial charge in [0.2, 0.25) is 0 Å². The van der Waals surface area contributed by atoms with E-state index in [9.17, 15) is 22.4 Å². The summed E-state index contributed by atoms with van der Waals surface area (Å²) in [5.74, 6) is -1.99. The molecule has 1 aromatic carbocycles. The SMILES string of the molecule is CCOC(=O)c1cnn(-c2ccc(F)cc2OC)c1C(F)(F)F. The number of ether oxygens (including phenoxy) is 2. The zero-order valence-corrected chi connectivity index (χ0v) is 12.1. The minimum atomic E-state index is -4.88. The van der Waals surface area contributed by atoms with E-state index in [-0.39, 0.29) is 18.0 Å². The molecule has 23 heavy (non-hydrogen) atoms. The van der Waals surface area contributed by atoms with Crippen molar-refractivity contribution in [2.45, 2.75) is 13.1 Å². The van der Waals surface area contributed by atoms with E-state index in [4.69, 9.17) is 4.74 Å². The van der Waals surface area contributed by atoms with Crippen molar-refractivity contribution in [2.75, 3.05) is 13.7 Å². The van der Waals surface area contributed by atoms with Gasteiger partial charge in [0.25, 0.3) is 0 Å². The van der Waals surface area contributed by atoms with Crippen molar-refractivity contribution in [2.24, 2.45) is 0 Å². The van der Waals surface area contributed by atoms with Crippen LogP contribution in [-0.4, -0.2) is 29.5 Å². The van der Waals surface area contributed by atoms with E-state index in [2.05, 4.69) is 9.84 Å². The number of hydrogen-bond donors (Lipinski definition) is 0. The molecule has 0 aliphatic rings. The van der Waals surface area contributed by atoms with Crippen LogP contribution in [0.3, 0.4) is 0 Å². The summed E-state index contributed by atoms with van der Waals surface area (Å²) in [7, 11) is 1.18. The van der Waals surface area contributed by atoms with Gasteiger partial charge in [0.1, 0.15) is 22.8 Å². The number of benzene rings is 1. The third-order valence-corrected chi connectivity index (χ3v) is 2.90. The fraction of sp³-hybridized carbons (Fsp3) is 0.286. The quantitative estimate of drug-likeness (QED) is 0.637. The van der Waals surface area contributed by atoms with Crippen molar-refractivity contribution >= 4 is 5.97 Å². The summed E-state index contributed by atoms with van der Waals surface area (Å²) < 4.78 is 63.3. The summed E-state index contributed by atoms with van der Waals surface area (Å²) in [4.78, 5) is 11.7. The van der Waals surface area contributed by atoms with E-state index in [0.717, 1.165) is 24.4 Å². The fourth-order valence-corrected chi connectivity index (χ4v) is 1.99. The van der Waals surface area contributed by atoms with E-state index in [1.165, 1.54) is 14.0 Å². The second kappa shape index (κ2) is 6.27. The minimum absolute atomic E-state index is 0.0822. The Balaban J connectivity index is 2.67. The maximum atomic E-state index is 13.4. The van der Waals surface area contributed by atoms with Gasteiger partial charge in [-0.25, -0.2) is 13.9 Å². The Bertz CT molecular complexity index is 725. The summed E-state index contributed by atoms with van der Waals surface area (Å²) in [5.41, 5.74) is -2.21. The van der Waals surface area contributed by atoms with Crippen molar-refractivity contribution < 1.29 is 31.8 Å². The first-order valence-corrected chi connectivity index (χ1v) is 6.45. The monoisotopic (exact) mass is 332 g/mol. The molecule has 0 radical (unpaired) electrons. The molecule has 0 atom stereocenters. The van der Waals surface area contributed by atoms with Crippen LogP contribution in [-0.2, 0) is 10.9 Å². The van der Waals surface area contributed by atoms with E-state index in [0.29, 0.717) is 4.68 Å². The van der Waals surface area contributed by atoms with Gasteiger partial charge < -0.3 is 9.47 Å². The number of halogens is 4. The fourth-order valence-electron chi connectivity index (χ4n) is 1.99. The molecule has 0 bridgehead atoms. The topological polar surface area (TPSA) is 53.3 Å². The third kappa shape index (κ3) is 3.27. The van der Waals surface area contributed by atoms with Crippen LogP contribution < -0.4 is 4.74 Å². The highest BCUT2D eigenvalue weighted by molar-refractivity contribution is 5.90. The van der Waals surface area contributed by atoms with Crippen LogP contribution in [0.5, 0.6) is 5.75 Å². The molecule has 0 fully saturated rings. The lowest BCUT2D eigenvalue weighted by atomic mass is 10.2. The van der Waals surface area contributed by atoms with Gasteiger partial charge in [-0.15, -0.1) is 0 Å². The predicted molar refractivity (Wildman–Crippen MR) is 71.0 cm³/mol. The van der Waals surface area contributed by atoms with Crippen LogP contribution in [0, 0.1) is 5.82 Å². The molecule has 5 nitrogen and oxygen atoms in total. The molecule has 0 aliphatic carbocycles. The molecule has 9 heteroatoms. The van der Waals surface area contributed by atoms with Gasteiger partial charge in [-0.05, 0) is 19.1 Å². The molecule has 124 valence electrons. The zero-order chi connectivity index (χ0) is 17.2. The Hall–Kier alpha value is -2.58. The number of alkyl halides is 3. The summed E-state index contributed by atoms with van der Waals surface area (Å²) in [6.07, 6.45) is -4.12. The first-order chi connectivity index (χ1) is 10.8. The van der Waals surface area contributed by atoms with Crippen molar-refractivity contribution in [3.63, 3.8) is 0 Å². The lowest BCUT2D eigenvalue weighted by Crippen LogP contribution is -2.19. The number of aromatic nitrogens is 2. The van der Waals surface area contributed by atoms with Crippen molar-refractivity contribution in [1.82, 2.24) is 9.78 Å². The van der Waals surface area contributed by atoms with Gasteiger partial charge in [0.15, 0.2) is 5.69 Å². The number of nitrogens with zero attached hydrogens (tertiary/aromatic N) is 2. The van der Waals surface area contributed by atoms with E-state index in [1.807, 2.05) is 0 Å². The minimum Gasteiger partial charge on any atom is -0.494 e. The lowest BCUT2D eigenvalue weighted by molar-refractivity contribution is -0.143. The molecule has 1 aromatic heterocycles. The van der Waals surface area contributed by atoms with Gasteiger partial charge in [-0.3, -0.25) is 0 Å². The lowest BCUT2D eigenvalue weighted by Gasteiger charge is -2.14. The highest BCUT2D eigenvalue weighted by Gasteiger charge is 2.41. The summed E-state index contributed by atoms with van der Waals surface area (Å²) in [6, 6.07) is 2.95. The Morgan fingerprint density at radius 1 is 1.35 bits per heavy atom. The van der Waals surface area contributed by atoms with Gasteiger partial charge in [-0.1, -0.05) is 0 Å². The number of hydrogen-bond acceptors (Lipinski definition) is 4. The van der Waals surface area contributed by atoms with Gasteiger partial charge in [0.05, 0.1) is 19.9 Å². The Morgan fingerprint density at radius 3 is 2.61 bits per heavy atom. The molecule has 0 N–H and O–H groups in total. The van der Waals surface area contributed by atoms with Crippen molar-refractivity contribution in [3.05, 3.63) is 41.5 Å². The largest absolute Gasteiger partial charge is 0.494 e. The van der Waals surface area contributed by atoms with E-state index >= 15 is 0 Å². The van der Waals surface area contributed by atoms with Crippen LogP contribution in [0.1, 0.15) is 23.0 Å². The number of carbonyl (C=O) groups excluding carboxylic acids is 1. The Morgan fingerprint density at radius 2 is 2.04 bits per heavy atom. The molecule has 2 rings (SSSR count). The van der Waals surface area contributed by atoms with Crippen molar-refractivity contribution in [3.8, 4) is 11.4 Å². The Labute approximate surface area is 128 Å². The molecule has 0 aliphatic heterocycles. The first-order valence-electron chi connectivity index (χ1n) is 6.45. The highest BCUT2D eigenvalue weighted by atomic mass is 19.4. The Kier molecular flexibility index (Phi) is 4.57. The average molecular weight is 332 g/mol. The number of esters is 1. The maximum Gasteiger partial charge on any atom is 0.434 e. The number of methoxy groups -OCH3 is 1. The summed E-state index contributed by atoms with van der Waals surface area (Å²) in [6.45, 7) is 1.39. The number of rotatable bonds is 4. The molecular weight excluding hydrogens is 320 g/mol. The van der Waals surface area contributed by atoms with Crippen LogP contribution in [0.15, 0.2) is 24.4 Å². The van der Waals surface area contributed by atoms with E-state index < -0.39 is 29.2 Å². The molecule has 0 saturated heterocycles. The normalized spacial score (nSPS) is 11.4. The van der Waals surface area contributed by atoms with Gasteiger partial charge in [0, 0.05) is 6.07 Å². The molecule has 2 aromatic rings. The molecule has 1 heterocycles. The second-order valence-corrected chi connectivity index (χ2v) is 4.35. The second-order valence-electron chi connectivity index (χ2n) is 4.35.